The molecule has 0 spiro atoms. The summed E-state index contributed by atoms with van der Waals surface area (Å²) in [5.41, 5.74) is 5.60. The number of terminal acetylenes is 1. The van der Waals surface area contributed by atoms with Gasteiger partial charge in [0.05, 0.1) is 24.3 Å². The second-order valence-electron chi connectivity index (χ2n) is 8.85. The zero-order valence-electron chi connectivity index (χ0n) is 18.3. The number of nitrogens with one attached hydrogen (secondary N) is 2. The Morgan fingerprint density at radius 1 is 1.27 bits per heavy atom. The summed E-state index contributed by atoms with van der Waals surface area (Å²) in [6, 6.07) is -0.0159. The fourth-order valence-electron chi connectivity index (χ4n) is 4.86. The van der Waals surface area contributed by atoms with Crippen molar-refractivity contribution in [2.24, 2.45) is 10.7 Å². The van der Waals surface area contributed by atoms with Crippen molar-refractivity contribution < 1.29 is 17.6 Å². The fourth-order valence-corrected chi connectivity index (χ4v) is 4.86. The molecule has 3 heterocycles. The van der Waals surface area contributed by atoms with Gasteiger partial charge in [0.15, 0.2) is 0 Å². The number of aliphatic imine (C=N–C) groups is 1. The predicted molar refractivity (Wildman–Crippen MR) is 117 cm³/mol. The smallest absolute Gasteiger partial charge is 0.359 e. The molecule has 1 aromatic rings. The lowest BCUT2D eigenvalue weighted by atomic mass is 9.91. The summed E-state index contributed by atoms with van der Waals surface area (Å²) in [6.45, 7) is 0.990. The van der Waals surface area contributed by atoms with Gasteiger partial charge in [0, 0.05) is 31.5 Å². The number of likely N-dealkylation sites (tertiary alicyclic amines) is 1. The molecule has 11 heteroatoms. The van der Waals surface area contributed by atoms with Crippen molar-refractivity contribution >= 4 is 5.84 Å². The standard InChI is InChI=1S/C22H29F4N7/c1-2-9-28-20-17(21(24,25)26)12-29-22(27,31-20)15-11-30-33(13-15)19-8-10-32(14-18(19)23)16-6-4-3-5-7-16/h1,11-13,16,18-19,29H,3-10,14,27H2,(H,28,31)/t18-,19-,22?/m1/s1. The van der Waals surface area contributed by atoms with Crippen LogP contribution in [-0.4, -0.2) is 58.5 Å². The predicted octanol–water partition coefficient (Wildman–Crippen LogP) is 2.54. The van der Waals surface area contributed by atoms with E-state index >= 15 is 4.39 Å². The van der Waals surface area contributed by atoms with Crippen LogP contribution in [-0.2, 0) is 5.79 Å². The molecule has 4 N–H and O–H groups in total. The van der Waals surface area contributed by atoms with Gasteiger partial charge in [-0.05, 0) is 19.3 Å². The van der Waals surface area contributed by atoms with Crippen molar-refractivity contribution in [3.05, 3.63) is 29.7 Å². The first kappa shape index (κ1) is 23.6. The molecule has 33 heavy (non-hydrogen) atoms. The van der Waals surface area contributed by atoms with Crippen LogP contribution in [0, 0.1) is 12.3 Å². The summed E-state index contributed by atoms with van der Waals surface area (Å²) in [4.78, 5) is 6.30. The van der Waals surface area contributed by atoms with Crippen molar-refractivity contribution in [1.82, 2.24) is 25.3 Å². The SMILES string of the molecule is C#CCNC1=NC(N)(c2cnn([C@@H]3CCN(C4CCCCC4)C[C@H]3F)c2)NC=C1C(F)(F)F. The molecule has 2 fully saturated rings. The maximum absolute atomic E-state index is 15.1. The third kappa shape index (κ3) is 5.01. The van der Waals surface area contributed by atoms with Crippen molar-refractivity contribution in [2.75, 3.05) is 19.6 Å². The number of alkyl halides is 4. The van der Waals surface area contributed by atoms with Crippen LogP contribution in [0.15, 0.2) is 29.2 Å². The normalized spacial score (nSPS) is 29.6. The van der Waals surface area contributed by atoms with Gasteiger partial charge in [-0.1, -0.05) is 25.2 Å². The van der Waals surface area contributed by atoms with E-state index in [0.717, 1.165) is 25.6 Å². The average Bonchev–Trinajstić information content (AvgIpc) is 3.28. The first-order valence-electron chi connectivity index (χ1n) is 11.3. The third-order valence-electron chi connectivity index (χ3n) is 6.65. The molecule has 7 nitrogen and oxygen atoms in total. The lowest BCUT2D eigenvalue weighted by Crippen LogP contribution is -2.52. The molecule has 0 amide bonds. The van der Waals surface area contributed by atoms with Gasteiger partial charge in [0.1, 0.15) is 17.6 Å². The lowest BCUT2D eigenvalue weighted by Gasteiger charge is -2.40. The van der Waals surface area contributed by atoms with Crippen molar-refractivity contribution in [2.45, 2.75) is 68.7 Å². The molecule has 3 atom stereocenters. The third-order valence-corrected chi connectivity index (χ3v) is 6.65. The number of rotatable bonds is 4. The summed E-state index contributed by atoms with van der Waals surface area (Å²) >= 11 is 0. The Hall–Kier alpha value is -2.58. The monoisotopic (exact) mass is 467 g/mol. The average molecular weight is 468 g/mol. The van der Waals surface area contributed by atoms with Gasteiger partial charge in [-0.15, -0.1) is 6.42 Å². The van der Waals surface area contributed by atoms with E-state index in [4.69, 9.17) is 12.2 Å². The number of piperidine rings is 1. The number of hydrogen-bond acceptors (Lipinski definition) is 6. The highest BCUT2D eigenvalue weighted by molar-refractivity contribution is 6.00. The Bertz CT molecular complexity index is 941. The molecule has 0 radical (unpaired) electrons. The molecular weight excluding hydrogens is 438 g/mol. The molecule has 1 saturated heterocycles. The van der Waals surface area contributed by atoms with E-state index in [-0.39, 0.29) is 6.54 Å². The van der Waals surface area contributed by atoms with E-state index in [1.165, 1.54) is 30.1 Å². The van der Waals surface area contributed by atoms with Crippen molar-refractivity contribution in [1.29, 1.82) is 0 Å². The summed E-state index contributed by atoms with van der Waals surface area (Å²) in [5, 5.41) is 9.27. The second kappa shape index (κ2) is 9.35. The van der Waals surface area contributed by atoms with Crippen LogP contribution in [0.25, 0.3) is 0 Å². The number of nitrogens with zero attached hydrogens (tertiary/aromatic N) is 4. The summed E-state index contributed by atoms with van der Waals surface area (Å²) in [5.74, 6) is 0.0679. The number of amidine groups is 1. The maximum atomic E-state index is 15.1. The van der Waals surface area contributed by atoms with E-state index in [9.17, 15) is 13.2 Å². The van der Waals surface area contributed by atoms with Crippen LogP contribution in [0.1, 0.15) is 50.1 Å². The second-order valence-corrected chi connectivity index (χ2v) is 8.85. The Morgan fingerprint density at radius 3 is 2.70 bits per heavy atom. The zero-order chi connectivity index (χ0) is 23.6. The van der Waals surface area contributed by atoms with Gasteiger partial charge in [0.2, 0.25) is 5.79 Å². The molecule has 0 bridgehead atoms. The molecule has 0 aromatic carbocycles. The molecule has 1 unspecified atom stereocenters. The molecule has 1 aliphatic carbocycles. The fraction of sp³-hybridized carbons (Fsp3) is 0.636. The van der Waals surface area contributed by atoms with Crippen LogP contribution in [0.2, 0.25) is 0 Å². The maximum Gasteiger partial charge on any atom is 0.421 e. The lowest BCUT2D eigenvalue weighted by molar-refractivity contribution is -0.0872. The number of hydrogen-bond donors (Lipinski definition) is 3. The van der Waals surface area contributed by atoms with Gasteiger partial charge >= 0.3 is 6.18 Å². The summed E-state index contributed by atoms with van der Waals surface area (Å²) < 4.78 is 56.7. The number of halogens is 4. The minimum atomic E-state index is -4.65. The molecule has 180 valence electrons. The topological polar surface area (TPSA) is 83.5 Å². The van der Waals surface area contributed by atoms with E-state index in [1.54, 1.807) is 6.20 Å². The van der Waals surface area contributed by atoms with Crippen LogP contribution in [0.3, 0.4) is 0 Å². The first-order valence-corrected chi connectivity index (χ1v) is 11.3. The number of aromatic nitrogens is 2. The Kier molecular flexibility index (Phi) is 6.68. The van der Waals surface area contributed by atoms with E-state index in [1.807, 2.05) is 0 Å². The highest BCUT2D eigenvalue weighted by Gasteiger charge is 2.43. The largest absolute Gasteiger partial charge is 0.421 e. The van der Waals surface area contributed by atoms with Crippen LogP contribution < -0.4 is 16.4 Å². The zero-order valence-corrected chi connectivity index (χ0v) is 18.3. The number of nitrogens with two attached hydrogens (primary N) is 1. The summed E-state index contributed by atoms with van der Waals surface area (Å²) in [6.07, 6.45) is 9.61. The molecule has 2 aliphatic heterocycles. The van der Waals surface area contributed by atoms with E-state index in [0.29, 0.717) is 24.6 Å². The van der Waals surface area contributed by atoms with E-state index < -0.39 is 35.6 Å². The minimum absolute atomic E-state index is 0.148. The molecule has 3 aliphatic rings. The van der Waals surface area contributed by atoms with Gasteiger partial charge in [-0.2, -0.15) is 18.3 Å². The van der Waals surface area contributed by atoms with Crippen LogP contribution in [0.4, 0.5) is 17.6 Å². The van der Waals surface area contributed by atoms with Crippen LogP contribution in [0.5, 0.6) is 0 Å². The Balaban J connectivity index is 1.49. The molecule has 1 aromatic heterocycles. The van der Waals surface area contributed by atoms with Gasteiger partial charge in [-0.25, -0.2) is 9.38 Å². The van der Waals surface area contributed by atoms with Gasteiger partial charge in [0.25, 0.3) is 0 Å². The van der Waals surface area contributed by atoms with E-state index in [2.05, 4.69) is 31.5 Å². The van der Waals surface area contributed by atoms with Crippen molar-refractivity contribution in [3.8, 4) is 12.3 Å². The molecular formula is C22H29F4N7. The van der Waals surface area contributed by atoms with Gasteiger partial charge in [-0.3, -0.25) is 15.3 Å². The molecule has 1 saturated carbocycles. The highest BCUT2D eigenvalue weighted by atomic mass is 19.4. The van der Waals surface area contributed by atoms with Crippen molar-refractivity contribution in [3.63, 3.8) is 0 Å². The first-order chi connectivity index (χ1) is 15.7. The van der Waals surface area contributed by atoms with Crippen LogP contribution >= 0.6 is 0 Å². The Labute approximate surface area is 190 Å². The quantitative estimate of drug-likeness (QED) is 0.468. The van der Waals surface area contributed by atoms with Gasteiger partial charge < -0.3 is 10.6 Å². The Morgan fingerprint density at radius 2 is 2.03 bits per heavy atom. The minimum Gasteiger partial charge on any atom is -0.359 e. The highest BCUT2D eigenvalue weighted by Crippen LogP contribution is 2.33. The summed E-state index contributed by atoms with van der Waals surface area (Å²) in [7, 11) is 0. The molecule has 4 rings (SSSR count).